The van der Waals surface area contributed by atoms with E-state index in [2.05, 4.69) is 27.0 Å². The van der Waals surface area contributed by atoms with Gasteiger partial charge in [0, 0.05) is 32.7 Å². The molecule has 3 rings (SSSR count). The van der Waals surface area contributed by atoms with Gasteiger partial charge in [0.2, 0.25) is 5.91 Å². The predicted molar refractivity (Wildman–Crippen MR) is 81.8 cm³/mol. The van der Waals surface area contributed by atoms with Gasteiger partial charge in [-0.3, -0.25) is 9.69 Å². The van der Waals surface area contributed by atoms with Crippen LogP contribution in [0.15, 0.2) is 16.8 Å². The number of amides is 1. The van der Waals surface area contributed by atoms with E-state index in [4.69, 9.17) is 0 Å². The normalized spacial score (nSPS) is 24.8. The molecule has 1 N–H and O–H groups in total. The van der Waals surface area contributed by atoms with Crippen LogP contribution in [0.3, 0.4) is 0 Å². The molecule has 110 valence electrons. The Morgan fingerprint density at radius 1 is 1.30 bits per heavy atom. The second-order valence-electron chi connectivity index (χ2n) is 5.74. The standard InChI is InChI=1S/C15H23N3OS/c19-15(14-3-1-2-5-16-14)18-8-6-17(7-9-18)11-13-4-10-20-12-13/h4,10,12,14,16H,1-3,5-9,11H2/t14-/m1/s1. The van der Waals surface area contributed by atoms with Crippen LogP contribution in [-0.4, -0.2) is 54.5 Å². The van der Waals surface area contributed by atoms with Crippen LogP contribution in [-0.2, 0) is 11.3 Å². The third-order valence-corrected chi connectivity index (χ3v) is 5.01. The summed E-state index contributed by atoms with van der Waals surface area (Å²) in [6.07, 6.45) is 3.40. The molecule has 1 aromatic rings. The third-order valence-electron chi connectivity index (χ3n) is 4.28. The van der Waals surface area contributed by atoms with Crippen LogP contribution in [0.25, 0.3) is 0 Å². The molecular formula is C15H23N3OS. The first-order chi connectivity index (χ1) is 9.83. The highest BCUT2D eigenvalue weighted by Gasteiger charge is 2.28. The average molecular weight is 293 g/mol. The topological polar surface area (TPSA) is 35.6 Å². The van der Waals surface area contributed by atoms with E-state index < -0.39 is 0 Å². The van der Waals surface area contributed by atoms with Gasteiger partial charge in [-0.05, 0) is 41.8 Å². The van der Waals surface area contributed by atoms with Gasteiger partial charge >= 0.3 is 0 Å². The van der Waals surface area contributed by atoms with Gasteiger partial charge in [0.15, 0.2) is 0 Å². The van der Waals surface area contributed by atoms with Crippen molar-refractivity contribution in [1.82, 2.24) is 15.1 Å². The van der Waals surface area contributed by atoms with Gasteiger partial charge in [-0.15, -0.1) is 0 Å². The Balaban J connectivity index is 1.46. The minimum Gasteiger partial charge on any atom is -0.339 e. The number of hydrogen-bond acceptors (Lipinski definition) is 4. The van der Waals surface area contributed by atoms with Gasteiger partial charge in [0.05, 0.1) is 6.04 Å². The summed E-state index contributed by atoms with van der Waals surface area (Å²) < 4.78 is 0. The Kier molecular flexibility index (Phi) is 4.70. The zero-order valence-electron chi connectivity index (χ0n) is 11.9. The van der Waals surface area contributed by atoms with Crippen molar-refractivity contribution in [3.05, 3.63) is 22.4 Å². The maximum Gasteiger partial charge on any atom is 0.239 e. The molecule has 0 spiro atoms. The molecule has 4 nitrogen and oxygen atoms in total. The minimum absolute atomic E-state index is 0.0761. The molecule has 0 saturated carbocycles. The molecular weight excluding hydrogens is 270 g/mol. The molecule has 5 heteroatoms. The van der Waals surface area contributed by atoms with Crippen molar-refractivity contribution in [1.29, 1.82) is 0 Å². The Morgan fingerprint density at radius 3 is 2.80 bits per heavy atom. The van der Waals surface area contributed by atoms with Crippen molar-refractivity contribution in [3.63, 3.8) is 0 Å². The summed E-state index contributed by atoms with van der Waals surface area (Å²) in [6.45, 7) is 5.76. The monoisotopic (exact) mass is 293 g/mol. The lowest BCUT2D eigenvalue weighted by Crippen LogP contribution is -2.54. The van der Waals surface area contributed by atoms with Crippen molar-refractivity contribution in [2.24, 2.45) is 0 Å². The quantitative estimate of drug-likeness (QED) is 0.918. The highest BCUT2D eigenvalue weighted by atomic mass is 32.1. The highest BCUT2D eigenvalue weighted by Crippen LogP contribution is 2.14. The molecule has 1 atom stereocenters. The fraction of sp³-hybridized carbons (Fsp3) is 0.667. The lowest BCUT2D eigenvalue weighted by atomic mass is 10.0. The van der Waals surface area contributed by atoms with Crippen molar-refractivity contribution in [3.8, 4) is 0 Å². The molecule has 0 bridgehead atoms. The fourth-order valence-corrected chi connectivity index (χ4v) is 3.71. The molecule has 2 aliphatic heterocycles. The van der Waals surface area contributed by atoms with Gasteiger partial charge in [0.1, 0.15) is 0 Å². The second kappa shape index (κ2) is 6.70. The van der Waals surface area contributed by atoms with E-state index in [1.165, 1.54) is 18.4 Å². The summed E-state index contributed by atoms with van der Waals surface area (Å²) in [6, 6.07) is 2.26. The van der Waals surface area contributed by atoms with E-state index in [1.54, 1.807) is 11.3 Å². The fourth-order valence-electron chi connectivity index (χ4n) is 3.05. The number of carbonyl (C=O) groups is 1. The van der Waals surface area contributed by atoms with E-state index in [-0.39, 0.29) is 6.04 Å². The largest absolute Gasteiger partial charge is 0.339 e. The predicted octanol–water partition coefficient (Wildman–Crippen LogP) is 1.53. The zero-order valence-corrected chi connectivity index (χ0v) is 12.7. The molecule has 20 heavy (non-hydrogen) atoms. The van der Waals surface area contributed by atoms with Crippen molar-refractivity contribution >= 4 is 17.2 Å². The number of rotatable bonds is 3. The molecule has 2 fully saturated rings. The summed E-state index contributed by atoms with van der Waals surface area (Å²) in [5.41, 5.74) is 1.39. The van der Waals surface area contributed by atoms with Gasteiger partial charge < -0.3 is 10.2 Å². The number of carbonyl (C=O) groups excluding carboxylic acids is 1. The Morgan fingerprint density at radius 2 is 2.15 bits per heavy atom. The van der Waals surface area contributed by atoms with Crippen LogP contribution in [0.1, 0.15) is 24.8 Å². The van der Waals surface area contributed by atoms with E-state index in [0.29, 0.717) is 5.91 Å². The lowest BCUT2D eigenvalue weighted by molar-refractivity contribution is -0.135. The lowest BCUT2D eigenvalue weighted by Gasteiger charge is -2.37. The molecule has 2 saturated heterocycles. The van der Waals surface area contributed by atoms with Crippen LogP contribution in [0.5, 0.6) is 0 Å². The Bertz CT molecular complexity index is 420. The summed E-state index contributed by atoms with van der Waals surface area (Å²) >= 11 is 1.75. The molecule has 0 aliphatic carbocycles. The molecule has 0 unspecified atom stereocenters. The van der Waals surface area contributed by atoms with Crippen LogP contribution >= 0.6 is 11.3 Å². The average Bonchev–Trinajstić information content (AvgIpc) is 3.01. The molecule has 2 aliphatic rings. The summed E-state index contributed by atoms with van der Waals surface area (Å²) in [7, 11) is 0. The number of piperazine rings is 1. The maximum atomic E-state index is 12.4. The Labute approximate surface area is 124 Å². The summed E-state index contributed by atoms with van der Waals surface area (Å²) in [5.74, 6) is 0.319. The molecule has 1 aromatic heterocycles. The molecule has 0 aromatic carbocycles. The van der Waals surface area contributed by atoms with Crippen molar-refractivity contribution < 1.29 is 4.79 Å². The van der Waals surface area contributed by atoms with Crippen LogP contribution < -0.4 is 5.32 Å². The minimum atomic E-state index is 0.0761. The van der Waals surface area contributed by atoms with Gasteiger partial charge in [-0.1, -0.05) is 6.42 Å². The first-order valence-corrected chi connectivity index (χ1v) is 8.53. The van der Waals surface area contributed by atoms with Crippen LogP contribution in [0.4, 0.5) is 0 Å². The first-order valence-electron chi connectivity index (χ1n) is 7.58. The number of thiophene rings is 1. The van der Waals surface area contributed by atoms with Gasteiger partial charge in [0.25, 0.3) is 0 Å². The second-order valence-corrected chi connectivity index (χ2v) is 6.52. The number of hydrogen-bond donors (Lipinski definition) is 1. The van der Waals surface area contributed by atoms with Gasteiger partial charge in [-0.2, -0.15) is 11.3 Å². The number of nitrogens with zero attached hydrogens (tertiary/aromatic N) is 2. The third kappa shape index (κ3) is 3.40. The van der Waals surface area contributed by atoms with E-state index in [1.807, 2.05) is 4.90 Å². The van der Waals surface area contributed by atoms with Crippen molar-refractivity contribution in [2.45, 2.75) is 31.8 Å². The van der Waals surface area contributed by atoms with Gasteiger partial charge in [-0.25, -0.2) is 0 Å². The summed E-state index contributed by atoms with van der Waals surface area (Å²) in [4.78, 5) is 16.9. The molecule has 3 heterocycles. The van der Waals surface area contributed by atoms with E-state index in [0.717, 1.165) is 45.7 Å². The van der Waals surface area contributed by atoms with Crippen LogP contribution in [0, 0.1) is 0 Å². The summed E-state index contributed by atoms with van der Waals surface area (Å²) in [5, 5.41) is 7.70. The Hall–Kier alpha value is -0.910. The zero-order chi connectivity index (χ0) is 13.8. The number of piperidine rings is 1. The SMILES string of the molecule is O=C([C@H]1CCCCN1)N1CCN(Cc2ccsc2)CC1. The smallest absolute Gasteiger partial charge is 0.239 e. The maximum absolute atomic E-state index is 12.4. The first kappa shape index (κ1) is 14.0. The van der Waals surface area contributed by atoms with Crippen LogP contribution in [0.2, 0.25) is 0 Å². The molecule has 0 radical (unpaired) electrons. The van der Waals surface area contributed by atoms with E-state index in [9.17, 15) is 4.79 Å². The number of nitrogens with one attached hydrogen (secondary N) is 1. The van der Waals surface area contributed by atoms with E-state index >= 15 is 0 Å². The molecule has 1 amide bonds. The van der Waals surface area contributed by atoms with Crippen molar-refractivity contribution in [2.75, 3.05) is 32.7 Å². The highest BCUT2D eigenvalue weighted by molar-refractivity contribution is 7.07.